The summed E-state index contributed by atoms with van der Waals surface area (Å²) in [5.74, 6) is -0.208. The molecule has 0 bridgehead atoms. The van der Waals surface area contributed by atoms with Gasteiger partial charge in [-0.3, -0.25) is 14.8 Å². The van der Waals surface area contributed by atoms with Crippen molar-refractivity contribution in [1.29, 1.82) is 0 Å². The zero-order chi connectivity index (χ0) is 16.1. The predicted octanol–water partition coefficient (Wildman–Crippen LogP) is 1.76. The molecule has 22 heavy (non-hydrogen) atoms. The van der Waals surface area contributed by atoms with Crippen LogP contribution in [0.4, 0.5) is 0 Å². The molecule has 8 heteroatoms. The van der Waals surface area contributed by atoms with Crippen molar-refractivity contribution in [2.75, 3.05) is 7.11 Å². The second kappa shape index (κ2) is 7.01. The molecule has 7 nitrogen and oxygen atoms in total. The van der Waals surface area contributed by atoms with Crippen LogP contribution in [0.15, 0.2) is 30.5 Å². The minimum atomic E-state index is -0.627. The molecule has 1 aromatic heterocycles. The summed E-state index contributed by atoms with van der Waals surface area (Å²) in [6.45, 7) is 1.76. The van der Waals surface area contributed by atoms with E-state index in [2.05, 4.69) is 10.3 Å². The highest BCUT2D eigenvalue weighted by atomic mass is 32.1. The van der Waals surface area contributed by atoms with Crippen molar-refractivity contribution in [2.45, 2.75) is 13.0 Å². The molecule has 0 radical (unpaired) electrons. The number of methoxy groups -OCH3 is 1. The Bertz CT molecular complexity index is 669. The van der Waals surface area contributed by atoms with Crippen LogP contribution in [0.5, 0.6) is 5.75 Å². The molecule has 1 heterocycles. The van der Waals surface area contributed by atoms with E-state index in [1.165, 1.54) is 6.20 Å². The third-order valence-electron chi connectivity index (χ3n) is 2.92. The van der Waals surface area contributed by atoms with E-state index < -0.39 is 5.91 Å². The number of amides is 2. The molecule has 0 saturated heterocycles. The van der Waals surface area contributed by atoms with Crippen LogP contribution in [0.3, 0.4) is 0 Å². The number of benzene rings is 1. The Balaban J connectivity index is 2.04. The average molecular weight is 321 g/mol. The molecule has 0 spiro atoms. The smallest absolute Gasteiger partial charge is 0.286 e. The first-order chi connectivity index (χ1) is 10.5. The van der Waals surface area contributed by atoms with E-state index in [1.54, 1.807) is 43.8 Å². The maximum absolute atomic E-state index is 12.1. The maximum Gasteiger partial charge on any atom is 0.286 e. The molecule has 0 saturated carbocycles. The number of rotatable bonds is 5. The fraction of sp³-hybridized carbons (Fsp3) is 0.214. The maximum atomic E-state index is 12.1. The SMILES string of the molecule is COc1ccc(C(=O)N[C@@H](C)c2ncc(C(=O)NO)s2)cc1. The molecule has 0 aliphatic heterocycles. The zero-order valence-electron chi connectivity index (χ0n) is 12.0. The number of nitrogens with zero attached hydrogens (tertiary/aromatic N) is 1. The highest BCUT2D eigenvalue weighted by Gasteiger charge is 2.17. The molecule has 0 unspecified atom stereocenters. The number of aromatic nitrogens is 1. The van der Waals surface area contributed by atoms with Gasteiger partial charge in [0.1, 0.15) is 15.6 Å². The third kappa shape index (κ3) is 3.60. The molecular weight excluding hydrogens is 306 g/mol. The molecule has 0 aliphatic carbocycles. The first kappa shape index (κ1) is 15.9. The van der Waals surface area contributed by atoms with Crippen LogP contribution in [0, 0.1) is 0 Å². The van der Waals surface area contributed by atoms with Gasteiger partial charge in [-0.15, -0.1) is 11.3 Å². The Morgan fingerprint density at radius 2 is 1.95 bits per heavy atom. The fourth-order valence-corrected chi connectivity index (χ4v) is 2.54. The lowest BCUT2D eigenvalue weighted by Gasteiger charge is -2.11. The van der Waals surface area contributed by atoms with E-state index >= 15 is 0 Å². The van der Waals surface area contributed by atoms with E-state index in [1.807, 2.05) is 0 Å². The molecule has 0 fully saturated rings. The average Bonchev–Trinajstić information content (AvgIpc) is 3.04. The normalized spacial score (nSPS) is 11.6. The number of thiazole rings is 1. The number of nitrogens with one attached hydrogen (secondary N) is 2. The number of ether oxygens (including phenoxy) is 1. The minimum Gasteiger partial charge on any atom is -0.497 e. The summed E-state index contributed by atoms with van der Waals surface area (Å²) >= 11 is 1.10. The van der Waals surface area contributed by atoms with E-state index in [0.29, 0.717) is 16.3 Å². The van der Waals surface area contributed by atoms with E-state index in [4.69, 9.17) is 9.94 Å². The van der Waals surface area contributed by atoms with E-state index in [0.717, 1.165) is 11.3 Å². The molecular formula is C14H15N3O4S. The standard InChI is InChI=1S/C14H15N3O4S/c1-8(14-15-7-11(22-14)13(19)17-20)16-12(18)9-3-5-10(21-2)6-4-9/h3-8,20H,1-2H3,(H,16,18)(H,17,19)/t8-/m0/s1. The van der Waals surface area contributed by atoms with Gasteiger partial charge in [-0.25, -0.2) is 10.5 Å². The van der Waals surface area contributed by atoms with Crippen LogP contribution in [0.1, 0.15) is 38.0 Å². The minimum absolute atomic E-state index is 0.251. The number of hydrogen-bond donors (Lipinski definition) is 3. The van der Waals surface area contributed by atoms with Crippen molar-refractivity contribution in [3.8, 4) is 5.75 Å². The first-order valence-electron chi connectivity index (χ1n) is 6.40. The van der Waals surface area contributed by atoms with Gasteiger partial charge >= 0.3 is 0 Å². The van der Waals surface area contributed by atoms with Crippen LogP contribution < -0.4 is 15.5 Å². The van der Waals surface area contributed by atoms with Gasteiger partial charge in [-0.1, -0.05) is 0 Å². The summed E-state index contributed by atoms with van der Waals surface area (Å²) in [5, 5.41) is 11.9. The van der Waals surface area contributed by atoms with Crippen molar-refractivity contribution < 1.29 is 19.5 Å². The summed E-state index contributed by atoms with van der Waals surface area (Å²) in [4.78, 5) is 27.7. The molecule has 0 aliphatic rings. The van der Waals surface area contributed by atoms with Crippen LogP contribution in [-0.2, 0) is 0 Å². The summed E-state index contributed by atoms with van der Waals surface area (Å²) in [5.41, 5.74) is 2.04. The van der Waals surface area contributed by atoms with E-state index in [9.17, 15) is 9.59 Å². The molecule has 1 aromatic carbocycles. The molecule has 3 N–H and O–H groups in total. The topological polar surface area (TPSA) is 101 Å². The lowest BCUT2D eigenvalue weighted by atomic mass is 10.2. The summed E-state index contributed by atoms with van der Waals surface area (Å²) in [6.07, 6.45) is 1.35. The molecule has 2 rings (SSSR count). The Labute approximate surface area is 130 Å². The lowest BCUT2D eigenvalue weighted by molar-refractivity contribution is 0.0710. The van der Waals surface area contributed by atoms with Crippen molar-refractivity contribution >= 4 is 23.2 Å². The van der Waals surface area contributed by atoms with Gasteiger partial charge in [0.2, 0.25) is 0 Å². The van der Waals surface area contributed by atoms with Crippen molar-refractivity contribution in [3.63, 3.8) is 0 Å². The molecule has 2 aromatic rings. The Morgan fingerprint density at radius 1 is 1.27 bits per heavy atom. The second-order valence-electron chi connectivity index (χ2n) is 4.43. The van der Waals surface area contributed by atoms with Gasteiger partial charge in [0, 0.05) is 5.56 Å². The van der Waals surface area contributed by atoms with Gasteiger partial charge in [0.05, 0.1) is 19.3 Å². The summed E-state index contributed by atoms with van der Waals surface area (Å²) < 4.78 is 5.04. The first-order valence-corrected chi connectivity index (χ1v) is 7.22. The van der Waals surface area contributed by atoms with Gasteiger partial charge < -0.3 is 10.1 Å². The van der Waals surface area contributed by atoms with Gasteiger partial charge in [-0.05, 0) is 31.2 Å². The zero-order valence-corrected chi connectivity index (χ0v) is 12.8. The van der Waals surface area contributed by atoms with Crippen LogP contribution >= 0.6 is 11.3 Å². The second-order valence-corrected chi connectivity index (χ2v) is 5.49. The van der Waals surface area contributed by atoms with Crippen molar-refractivity contribution in [2.24, 2.45) is 0 Å². The van der Waals surface area contributed by atoms with Crippen LogP contribution in [-0.4, -0.2) is 29.1 Å². The number of carbonyl (C=O) groups excluding carboxylic acids is 2. The van der Waals surface area contributed by atoms with Crippen LogP contribution in [0.25, 0.3) is 0 Å². The van der Waals surface area contributed by atoms with Gasteiger partial charge in [0.15, 0.2) is 0 Å². The highest BCUT2D eigenvalue weighted by molar-refractivity contribution is 7.13. The predicted molar refractivity (Wildman–Crippen MR) is 80.2 cm³/mol. The Morgan fingerprint density at radius 3 is 2.55 bits per heavy atom. The molecule has 1 atom stereocenters. The van der Waals surface area contributed by atoms with Crippen molar-refractivity contribution in [1.82, 2.24) is 15.8 Å². The Hall–Kier alpha value is -2.45. The quantitative estimate of drug-likeness (QED) is 0.575. The third-order valence-corrected chi connectivity index (χ3v) is 4.10. The monoisotopic (exact) mass is 321 g/mol. The highest BCUT2D eigenvalue weighted by Crippen LogP contribution is 2.20. The summed E-state index contributed by atoms with van der Waals surface area (Å²) in [7, 11) is 1.56. The molecule has 116 valence electrons. The number of hydroxylamine groups is 1. The largest absolute Gasteiger partial charge is 0.497 e. The van der Waals surface area contributed by atoms with Crippen molar-refractivity contribution in [3.05, 3.63) is 45.9 Å². The van der Waals surface area contributed by atoms with Gasteiger partial charge in [0.25, 0.3) is 11.8 Å². The number of carbonyl (C=O) groups is 2. The molecule has 2 amide bonds. The van der Waals surface area contributed by atoms with Crippen LogP contribution in [0.2, 0.25) is 0 Å². The summed E-state index contributed by atoms with van der Waals surface area (Å²) in [6, 6.07) is 6.36. The van der Waals surface area contributed by atoms with E-state index in [-0.39, 0.29) is 16.8 Å². The van der Waals surface area contributed by atoms with Gasteiger partial charge in [-0.2, -0.15) is 0 Å². The Kier molecular flexibility index (Phi) is 5.08. The number of hydrogen-bond acceptors (Lipinski definition) is 6. The fourth-order valence-electron chi connectivity index (χ4n) is 1.73. The lowest BCUT2D eigenvalue weighted by Crippen LogP contribution is -2.26.